The fourth-order valence-corrected chi connectivity index (χ4v) is 4.82. The van der Waals surface area contributed by atoms with Gasteiger partial charge in [-0.3, -0.25) is 9.10 Å². The number of fused-ring (bicyclic) bond motifs is 1. The highest BCUT2D eigenvalue weighted by atomic mass is 32.2. The number of nitrogens with one attached hydrogen (secondary N) is 1. The summed E-state index contributed by atoms with van der Waals surface area (Å²) in [5.41, 5.74) is 3.76. The van der Waals surface area contributed by atoms with Crippen molar-refractivity contribution in [2.75, 3.05) is 16.7 Å². The van der Waals surface area contributed by atoms with E-state index in [-0.39, 0.29) is 10.5 Å². The largest absolute Gasteiger partial charge is 0.440 e. The Hall–Kier alpha value is -3.65. The molecule has 1 fully saturated rings. The fourth-order valence-electron chi connectivity index (χ4n) is 3.58. The maximum absolute atomic E-state index is 13.1. The molecule has 33 heavy (non-hydrogen) atoms. The minimum Gasteiger partial charge on any atom is -0.440 e. The predicted molar refractivity (Wildman–Crippen MR) is 127 cm³/mol. The van der Waals surface area contributed by atoms with Crippen molar-refractivity contribution >= 4 is 38.4 Å². The molecule has 1 aliphatic carbocycles. The molecule has 0 unspecified atom stereocenters. The maximum Gasteiger partial charge on any atom is 0.264 e. The highest BCUT2D eigenvalue weighted by molar-refractivity contribution is 7.92. The van der Waals surface area contributed by atoms with E-state index in [1.807, 2.05) is 19.1 Å². The first-order valence-electron chi connectivity index (χ1n) is 10.7. The molecule has 7 nitrogen and oxygen atoms in total. The Bertz CT molecular complexity index is 1450. The summed E-state index contributed by atoms with van der Waals surface area (Å²) >= 11 is 0. The van der Waals surface area contributed by atoms with Crippen molar-refractivity contribution in [2.45, 2.75) is 30.6 Å². The lowest BCUT2D eigenvalue weighted by Crippen LogP contribution is -2.26. The van der Waals surface area contributed by atoms with Crippen LogP contribution in [-0.2, 0) is 10.0 Å². The van der Waals surface area contributed by atoms with Crippen LogP contribution in [0.4, 0.5) is 11.4 Å². The number of anilines is 2. The van der Waals surface area contributed by atoms with Gasteiger partial charge in [-0.15, -0.1) is 0 Å². The number of hydrogen-bond acceptors (Lipinski definition) is 5. The minimum atomic E-state index is -3.83. The number of aromatic nitrogens is 1. The molecule has 8 heteroatoms. The Morgan fingerprint density at radius 1 is 1.06 bits per heavy atom. The van der Waals surface area contributed by atoms with Crippen molar-refractivity contribution in [3.05, 3.63) is 83.7 Å². The summed E-state index contributed by atoms with van der Waals surface area (Å²) < 4.78 is 33.2. The highest BCUT2D eigenvalue weighted by Crippen LogP contribution is 2.40. The van der Waals surface area contributed by atoms with Crippen molar-refractivity contribution in [1.29, 1.82) is 0 Å². The van der Waals surface area contributed by atoms with E-state index in [2.05, 4.69) is 10.3 Å². The summed E-state index contributed by atoms with van der Waals surface area (Å²) in [6.07, 6.45) is 2.18. The van der Waals surface area contributed by atoms with Crippen LogP contribution < -0.4 is 9.62 Å². The van der Waals surface area contributed by atoms with Gasteiger partial charge in [0, 0.05) is 24.2 Å². The molecule has 0 aliphatic heterocycles. The quantitative estimate of drug-likeness (QED) is 0.432. The molecule has 1 saturated carbocycles. The van der Waals surface area contributed by atoms with Gasteiger partial charge in [0.15, 0.2) is 11.5 Å². The van der Waals surface area contributed by atoms with Crippen molar-refractivity contribution in [3.8, 4) is 0 Å². The van der Waals surface area contributed by atoms with Gasteiger partial charge >= 0.3 is 0 Å². The van der Waals surface area contributed by atoms with Crippen molar-refractivity contribution in [3.63, 3.8) is 0 Å². The first-order valence-corrected chi connectivity index (χ1v) is 12.1. The summed E-state index contributed by atoms with van der Waals surface area (Å²) in [5.74, 6) is 0.734. The molecule has 3 aromatic carbocycles. The van der Waals surface area contributed by atoms with E-state index in [0.29, 0.717) is 28.4 Å². The molecular formula is C25H23N3O4S. The molecule has 1 N–H and O–H groups in total. The van der Waals surface area contributed by atoms with Crippen LogP contribution in [0.1, 0.15) is 40.6 Å². The molecule has 0 spiro atoms. The van der Waals surface area contributed by atoms with Gasteiger partial charge in [-0.25, -0.2) is 13.4 Å². The Labute approximate surface area is 192 Å². The first kappa shape index (κ1) is 21.2. The van der Waals surface area contributed by atoms with E-state index in [9.17, 15) is 13.2 Å². The standard InChI is InChI=1S/C25H23N3O4S/c1-16-6-11-20(12-7-16)28(2)33(30,31)21-5-3-4-18(14-21)24(29)26-19-10-13-23-22(15-19)27-25(32-23)17-8-9-17/h3-7,10-15,17H,8-9H2,1-2H3,(H,26,29). The maximum atomic E-state index is 13.1. The number of rotatable bonds is 6. The van der Waals surface area contributed by atoms with Gasteiger partial charge in [-0.05, 0) is 68.3 Å². The second-order valence-electron chi connectivity index (χ2n) is 8.30. The minimum absolute atomic E-state index is 0.0410. The number of oxazole rings is 1. The lowest BCUT2D eigenvalue weighted by atomic mass is 10.2. The van der Waals surface area contributed by atoms with Gasteiger partial charge in [-0.2, -0.15) is 0 Å². The third kappa shape index (κ3) is 4.21. The summed E-state index contributed by atoms with van der Waals surface area (Å²) in [6, 6.07) is 18.5. The number of hydrogen-bond donors (Lipinski definition) is 1. The number of amides is 1. The third-order valence-corrected chi connectivity index (χ3v) is 7.52. The van der Waals surface area contributed by atoms with E-state index >= 15 is 0 Å². The van der Waals surface area contributed by atoms with Crippen LogP contribution in [-0.4, -0.2) is 26.4 Å². The van der Waals surface area contributed by atoms with E-state index in [1.54, 1.807) is 42.5 Å². The van der Waals surface area contributed by atoms with Crippen LogP contribution in [0.25, 0.3) is 11.1 Å². The van der Waals surface area contributed by atoms with E-state index in [4.69, 9.17) is 4.42 Å². The molecule has 0 saturated heterocycles. The Morgan fingerprint density at radius 2 is 1.82 bits per heavy atom. The molecule has 1 aliphatic rings. The molecular weight excluding hydrogens is 438 g/mol. The number of sulfonamides is 1. The average Bonchev–Trinajstić information content (AvgIpc) is 3.58. The second kappa shape index (κ2) is 8.04. The van der Waals surface area contributed by atoms with E-state index in [1.165, 1.54) is 23.5 Å². The predicted octanol–water partition coefficient (Wildman–Crippen LogP) is 5.09. The normalized spacial score (nSPS) is 13.8. The zero-order valence-electron chi connectivity index (χ0n) is 18.3. The first-order chi connectivity index (χ1) is 15.8. The summed E-state index contributed by atoms with van der Waals surface area (Å²) in [4.78, 5) is 17.4. The van der Waals surface area contributed by atoms with Crippen LogP contribution in [0.15, 0.2) is 76.0 Å². The van der Waals surface area contributed by atoms with Crippen molar-refractivity contribution in [2.24, 2.45) is 0 Å². The average molecular weight is 462 g/mol. The summed E-state index contributed by atoms with van der Waals surface area (Å²) in [7, 11) is -2.34. The zero-order chi connectivity index (χ0) is 23.2. The molecule has 1 aromatic heterocycles. The number of carbonyl (C=O) groups is 1. The van der Waals surface area contributed by atoms with Crippen molar-refractivity contribution < 1.29 is 17.6 Å². The molecule has 0 radical (unpaired) electrons. The lowest BCUT2D eigenvalue weighted by molar-refractivity contribution is 0.102. The third-order valence-electron chi connectivity index (χ3n) is 5.74. The fraction of sp³-hybridized carbons (Fsp3) is 0.200. The topological polar surface area (TPSA) is 92.5 Å². The summed E-state index contributed by atoms with van der Waals surface area (Å²) in [6.45, 7) is 1.94. The molecule has 168 valence electrons. The van der Waals surface area contributed by atoms with Crippen LogP contribution in [0.3, 0.4) is 0 Å². The van der Waals surface area contributed by atoms with E-state index in [0.717, 1.165) is 24.3 Å². The second-order valence-corrected chi connectivity index (χ2v) is 10.3. The van der Waals surface area contributed by atoms with Gasteiger partial charge in [-0.1, -0.05) is 23.8 Å². The summed E-state index contributed by atoms with van der Waals surface area (Å²) in [5, 5.41) is 2.82. The van der Waals surface area contributed by atoms with Gasteiger partial charge in [0.1, 0.15) is 5.52 Å². The van der Waals surface area contributed by atoms with Gasteiger partial charge in [0.2, 0.25) is 0 Å². The van der Waals surface area contributed by atoms with Gasteiger partial charge < -0.3 is 9.73 Å². The Kier molecular flexibility index (Phi) is 5.17. The van der Waals surface area contributed by atoms with Crippen LogP contribution >= 0.6 is 0 Å². The van der Waals surface area contributed by atoms with E-state index < -0.39 is 15.9 Å². The number of carbonyl (C=O) groups excluding carboxylic acids is 1. The monoisotopic (exact) mass is 461 g/mol. The smallest absolute Gasteiger partial charge is 0.264 e. The van der Waals surface area contributed by atoms with Crippen LogP contribution in [0, 0.1) is 6.92 Å². The number of nitrogens with zero attached hydrogens (tertiary/aromatic N) is 2. The zero-order valence-corrected chi connectivity index (χ0v) is 19.1. The molecule has 1 heterocycles. The SMILES string of the molecule is Cc1ccc(N(C)S(=O)(=O)c2cccc(C(=O)Nc3ccc4oc(C5CC5)nc4c3)c2)cc1. The molecule has 1 amide bonds. The van der Waals surface area contributed by atoms with Gasteiger partial charge in [0.05, 0.1) is 10.6 Å². The van der Waals surface area contributed by atoms with Crippen LogP contribution in [0.2, 0.25) is 0 Å². The lowest BCUT2D eigenvalue weighted by Gasteiger charge is -2.20. The number of aryl methyl sites for hydroxylation is 1. The molecule has 0 bridgehead atoms. The van der Waals surface area contributed by atoms with Crippen molar-refractivity contribution in [1.82, 2.24) is 4.98 Å². The Balaban J connectivity index is 1.37. The van der Waals surface area contributed by atoms with Crippen LogP contribution in [0.5, 0.6) is 0 Å². The molecule has 4 aromatic rings. The highest BCUT2D eigenvalue weighted by Gasteiger charge is 2.29. The molecule has 5 rings (SSSR count). The molecule has 0 atom stereocenters. The number of benzene rings is 3. The Morgan fingerprint density at radius 3 is 2.55 bits per heavy atom. The van der Waals surface area contributed by atoms with Gasteiger partial charge in [0.25, 0.3) is 15.9 Å².